The lowest BCUT2D eigenvalue weighted by molar-refractivity contribution is -0.272. The largest absolute Gasteiger partial charge is 0.391 e. The van der Waals surface area contributed by atoms with Crippen molar-refractivity contribution >= 4 is 0 Å². The Morgan fingerprint density at radius 1 is 1.21 bits per heavy atom. The third-order valence-electron chi connectivity index (χ3n) is 1.76. The first-order valence-corrected chi connectivity index (χ1v) is 3.95. The first kappa shape index (κ1) is 13.7. The lowest BCUT2D eigenvalue weighted by atomic mass is 10.0. The highest BCUT2D eigenvalue weighted by molar-refractivity contribution is 4.84. The Balaban J connectivity index is 4.30. The summed E-state index contributed by atoms with van der Waals surface area (Å²) in [6.45, 7) is -1.44. The smallest absolute Gasteiger partial charge is 0.216 e. The van der Waals surface area contributed by atoms with Gasteiger partial charge in [-0.3, -0.25) is 0 Å². The molecule has 86 valence electrons. The number of aliphatic hydroxyl groups is 6. The summed E-state index contributed by atoms with van der Waals surface area (Å²) < 4.78 is 4.47. The van der Waals surface area contributed by atoms with E-state index >= 15 is 0 Å². The number of aliphatic hydroxyl groups excluding tert-OH is 4. The van der Waals surface area contributed by atoms with Crippen molar-refractivity contribution in [2.24, 2.45) is 0 Å². The highest BCUT2D eigenvalue weighted by Gasteiger charge is 2.40. The molecule has 7 nitrogen and oxygen atoms in total. The SMILES string of the molecule is COCC(O)C(O)C(O)C(O)(O)CO. The summed E-state index contributed by atoms with van der Waals surface area (Å²) in [6.07, 6.45) is -5.38. The van der Waals surface area contributed by atoms with Gasteiger partial charge in [0, 0.05) is 7.11 Å². The van der Waals surface area contributed by atoms with Gasteiger partial charge in [0.2, 0.25) is 5.79 Å². The molecule has 3 atom stereocenters. The van der Waals surface area contributed by atoms with Gasteiger partial charge in [-0.2, -0.15) is 0 Å². The molecule has 0 aromatic carbocycles. The first-order valence-electron chi connectivity index (χ1n) is 3.95. The maximum atomic E-state index is 9.17. The summed E-state index contributed by atoms with van der Waals surface area (Å²) in [5.74, 6) is -2.85. The Morgan fingerprint density at radius 2 is 1.71 bits per heavy atom. The minimum Gasteiger partial charge on any atom is -0.391 e. The van der Waals surface area contributed by atoms with E-state index in [-0.39, 0.29) is 6.61 Å². The molecule has 0 radical (unpaired) electrons. The van der Waals surface area contributed by atoms with Gasteiger partial charge in [0.05, 0.1) is 13.2 Å². The highest BCUT2D eigenvalue weighted by Crippen LogP contribution is 2.12. The lowest BCUT2D eigenvalue weighted by Gasteiger charge is -2.30. The zero-order valence-electron chi connectivity index (χ0n) is 7.74. The highest BCUT2D eigenvalue weighted by atomic mass is 16.5. The van der Waals surface area contributed by atoms with E-state index in [0.717, 1.165) is 0 Å². The fourth-order valence-corrected chi connectivity index (χ4v) is 0.847. The van der Waals surface area contributed by atoms with Crippen LogP contribution >= 0.6 is 0 Å². The summed E-state index contributed by atoms with van der Waals surface area (Å²) in [7, 11) is 1.26. The third kappa shape index (κ3) is 3.46. The van der Waals surface area contributed by atoms with E-state index in [1.54, 1.807) is 0 Å². The zero-order chi connectivity index (χ0) is 11.4. The third-order valence-corrected chi connectivity index (χ3v) is 1.76. The van der Waals surface area contributed by atoms with Gasteiger partial charge >= 0.3 is 0 Å². The number of hydrogen-bond donors (Lipinski definition) is 6. The summed E-state index contributed by atoms with van der Waals surface area (Å²) in [4.78, 5) is 0. The molecule has 0 aliphatic carbocycles. The molecular formula is C7H16O7. The van der Waals surface area contributed by atoms with Crippen LogP contribution in [0, 0.1) is 0 Å². The Bertz CT molecular complexity index is 160. The van der Waals surface area contributed by atoms with Crippen LogP contribution in [0.4, 0.5) is 0 Å². The molecular weight excluding hydrogens is 196 g/mol. The van der Waals surface area contributed by atoms with E-state index < -0.39 is 30.7 Å². The minimum absolute atomic E-state index is 0.278. The molecule has 0 rings (SSSR count). The van der Waals surface area contributed by atoms with Gasteiger partial charge in [0.15, 0.2) is 0 Å². The predicted octanol–water partition coefficient (Wildman–Crippen LogP) is -3.61. The summed E-state index contributed by atoms with van der Waals surface area (Å²) >= 11 is 0. The molecule has 0 aromatic heterocycles. The van der Waals surface area contributed by atoms with Crippen molar-refractivity contribution in [1.82, 2.24) is 0 Å². The van der Waals surface area contributed by atoms with Crippen LogP contribution in [-0.4, -0.2) is 75.1 Å². The van der Waals surface area contributed by atoms with Crippen molar-refractivity contribution in [2.45, 2.75) is 24.1 Å². The van der Waals surface area contributed by atoms with Gasteiger partial charge in [-0.1, -0.05) is 0 Å². The summed E-state index contributed by atoms with van der Waals surface area (Å²) in [5.41, 5.74) is 0. The molecule has 0 aliphatic heterocycles. The van der Waals surface area contributed by atoms with Gasteiger partial charge in [0.25, 0.3) is 0 Å². The number of hydrogen-bond acceptors (Lipinski definition) is 7. The van der Waals surface area contributed by atoms with Crippen molar-refractivity contribution < 1.29 is 35.4 Å². The first-order chi connectivity index (χ1) is 6.36. The molecule has 0 amide bonds. The molecule has 0 heterocycles. The molecule has 0 saturated heterocycles. The molecule has 3 unspecified atom stereocenters. The summed E-state index contributed by atoms with van der Waals surface area (Å²) in [5, 5.41) is 53.7. The lowest BCUT2D eigenvalue weighted by Crippen LogP contribution is -2.55. The minimum atomic E-state index is -2.85. The van der Waals surface area contributed by atoms with E-state index in [0.29, 0.717) is 0 Å². The predicted molar refractivity (Wildman–Crippen MR) is 44.2 cm³/mol. The zero-order valence-corrected chi connectivity index (χ0v) is 7.74. The van der Waals surface area contributed by atoms with E-state index in [2.05, 4.69) is 4.74 Å². The van der Waals surface area contributed by atoms with Crippen LogP contribution in [0.3, 0.4) is 0 Å². The number of rotatable bonds is 6. The Labute approximate surface area is 80.8 Å². The van der Waals surface area contributed by atoms with E-state index in [1.807, 2.05) is 0 Å². The van der Waals surface area contributed by atoms with Gasteiger partial charge in [0.1, 0.15) is 18.3 Å². The number of methoxy groups -OCH3 is 1. The second kappa shape index (κ2) is 5.56. The summed E-state index contributed by atoms with van der Waals surface area (Å²) in [6, 6.07) is 0. The topological polar surface area (TPSA) is 131 Å². The van der Waals surface area contributed by atoms with Crippen molar-refractivity contribution in [2.75, 3.05) is 20.3 Å². The molecule has 0 bridgehead atoms. The second-order valence-corrected chi connectivity index (χ2v) is 2.99. The molecule has 6 N–H and O–H groups in total. The maximum absolute atomic E-state index is 9.17. The van der Waals surface area contributed by atoms with Crippen LogP contribution in [0.2, 0.25) is 0 Å². The Kier molecular flexibility index (Phi) is 5.45. The molecule has 7 heteroatoms. The van der Waals surface area contributed by atoms with E-state index in [9.17, 15) is 5.11 Å². The van der Waals surface area contributed by atoms with Gasteiger partial charge in [-0.25, -0.2) is 0 Å². The second-order valence-electron chi connectivity index (χ2n) is 2.99. The molecule has 0 saturated carbocycles. The Hall–Kier alpha value is -0.280. The maximum Gasteiger partial charge on any atom is 0.216 e. The van der Waals surface area contributed by atoms with Crippen LogP contribution in [0.5, 0.6) is 0 Å². The molecule has 0 fully saturated rings. The number of ether oxygens (including phenoxy) is 1. The van der Waals surface area contributed by atoms with Crippen molar-refractivity contribution in [1.29, 1.82) is 0 Å². The monoisotopic (exact) mass is 212 g/mol. The molecule has 0 aliphatic rings. The van der Waals surface area contributed by atoms with Crippen LogP contribution in [0.25, 0.3) is 0 Å². The quantitative estimate of drug-likeness (QED) is 0.251. The average Bonchev–Trinajstić information content (AvgIpc) is 2.15. The van der Waals surface area contributed by atoms with Crippen molar-refractivity contribution in [3.8, 4) is 0 Å². The average molecular weight is 212 g/mol. The van der Waals surface area contributed by atoms with Crippen molar-refractivity contribution in [3.05, 3.63) is 0 Å². The van der Waals surface area contributed by atoms with Gasteiger partial charge in [-0.15, -0.1) is 0 Å². The van der Waals surface area contributed by atoms with Crippen molar-refractivity contribution in [3.63, 3.8) is 0 Å². The molecule has 0 aromatic rings. The van der Waals surface area contributed by atoms with E-state index in [4.69, 9.17) is 25.5 Å². The standard InChI is InChI=1S/C7H16O7/c1-14-2-4(9)5(10)6(11)7(12,13)3-8/h4-6,8-13H,2-3H2,1H3. The normalized spacial score (nSPS) is 19.1. The van der Waals surface area contributed by atoms with Crippen LogP contribution in [0.1, 0.15) is 0 Å². The fraction of sp³-hybridized carbons (Fsp3) is 1.00. The van der Waals surface area contributed by atoms with Crippen LogP contribution in [-0.2, 0) is 4.74 Å². The van der Waals surface area contributed by atoms with Crippen LogP contribution in [0.15, 0.2) is 0 Å². The van der Waals surface area contributed by atoms with Gasteiger partial charge < -0.3 is 35.4 Å². The van der Waals surface area contributed by atoms with Gasteiger partial charge in [-0.05, 0) is 0 Å². The van der Waals surface area contributed by atoms with E-state index in [1.165, 1.54) is 7.11 Å². The Morgan fingerprint density at radius 3 is 2.07 bits per heavy atom. The molecule has 0 spiro atoms. The molecule has 14 heavy (non-hydrogen) atoms. The fourth-order valence-electron chi connectivity index (χ4n) is 0.847. The van der Waals surface area contributed by atoms with Crippen LogP contribution < -0.4 is 0 Å².